The van der Waals surface area contributed by atoms with Crippen molar-refractivity contribution in [3.63, 3.8) is 0 Å². The summed E-state index contributed by atoms with van der Waals surface area (Å²) in [5.74, 6) is 1.35. The van der Waals surface area contributed by atoms with Crippen LogP contribution in [0.3, 0.4) is 0 Å². The number of benzene rings is 2. The Morgan fingerprint density at radius 3 is 2.32 bits per heavy atom. The van der Waals surface area contributed by atoms with E-state index in [1.807, 2.05) is 53.1 Å². The normalized spacial score (nSPS) is 11.7. The highest BCUT2D eigenvalue weighted by Gasteiger charge is 2.21. The summed E-state index contributed by atoms with van der Waals surface area (Å²) in [4.78, 5) is 17.7. The molecule has 0 saturated carbocycles. The zero-order chi connectivity index (χ0) is 17.0. The Kier molecular flexibility index (Phi) is 2.82. The Morgan fingerprint density at radius 1 is 0.920 bits per heavy atom. The highest BCUT2D eigenvalue weighted by Crippen LogP contribution is 2.35. The van der Waals surface area contributed by atoms with E-state index in [9.17, 15) is 0 Å². The summed E-state index contributed by atoms with van der Waals surface area (Å²) in [5, 5.41) is 0. The number of H-pyrrole nitrogens is 1. The zero-order valence-corrected chi connectivity index (χ0v) is 13.7. The second kappa shape index (κ2) is 5.04. The molecule has 0 unspecified atom stereocenters. The Labute approximate surface area is 143 Å². The van der Waals surface area contributed by atoms with Gasteiger partial charge in [0, 0.05) is 6.54 Å². The van der Waals surface area contributed by atoms with E-state index in [1.54, 1.807) is 0 Å². The van der Waals surface area contributed by atoms with E-state index < -0.39 is 0 Å². The van der Waals surface area contributed by atoms with Gasteiger partial charge in [-0.25, -0.2) is 15.0 Å². The molecule has 0 saturated heterocycles. The Bertz CT molecular complexity index is 1210. The quantitative estimate of drug-likeness (QED) is 0.517. The van der Waals surface area contributed by atoms with Gasteiger partial charge in [0.2, 0.25) is 0 Å². The van der Waals surface area contributed by atoms with Gasteiger partial charge in [0.15, 0.2) is 5.65 Å². The molecular formula is C19H16N6. The molecule has 0 bridgehead atoms. The summed E-state index contributed by atoms with van der Waals surface area (Å²) in [7, 11) is 0. The lowest BCUT2D eigenvalue weighted by Gasteiger charge is -2.03. The first-order valence-corrected chi connectivity index (χ1v) is 8.26. The Morgan fingerprint density at radius 2 is 1.60 bits per heavy atom. The summed E-state index contributed by atoms with van der Waals surface area (Å²) >= 11 is 0. The molecule has 0 amide bonds. The number of aryl methyl sites for hydroxylation is 1. The largest absolute Gasteiger partial charge is 0.384 e. The van der Waals surface area contributed by atoms with Gasteiger partial charge in [-0.15, -0.1) is 0 Å². The fraction of sp³-hybridized carbons (Fsp3) is 0.105. The van der Waals surface area contributed by atoms with Crippen LogP contribution in [0.15, 0.2) is 48.5 Å². The summed E-state index contributed by atoms with van der Waals surface area (Å²) < 4.78 is 1.98. The van der Waals surface area contributed by atoms with Crippen molar-refractivity contribution in [2.24, 2.45) is 0 Å². The van der Waals surface area contributed by atoms with Gasteiger partial charge in [0.1, 0.15) is 17.2 Å². The molecule has 5 aromatic rings. The fourth-order valence-electron chi connectivity index (χ4n) is 3.34. The number of nitrogen functional groups attached to an aromatic ring is 1. The van der Waals surface area contributed by atoms with Gasteiger partial charge in [-0.3, -0.25) is 0 Å². The molecule has 0 fully saturated rings. The Balaban J connectivity index is 1.90. The summed E-state index contributed by atoms with van der Waals surface area (Å²) in [6.45, 7) is 2.77. The predicted molar refractivity (Wildman–Crippen MR) is 100 cm³/mol. The molecule has 25 heavy (non-hydrogen) atoms. The standard InChI is InChI=1S/C19H16N6/c1-2-25-17(20)15(18-22-12-8-4-5-9-13(12)23-18)16-19(25)24-14-10-6-3-7-11(14)21-16/h3-10H,2,20H2,1H3,(H,22,23). The van der Waals surface area contributed by atoms with E-state index in [0.717, 1.165) is 51.2 Å². The molecule has 6 heteroatoms. The van der Waals surface area contributed by atoms with Gasteiger partial charge in [-0.05, 0) is 31.2 Å². The van der Waals surface area contributed by atoms with Gasteiger partial charge in [0.05, 0.1) is 27.6 Å². The monoisotopic (exact) mass is 328 g/mol. The maximum atomic E-state index is 6.47. The second-order valence-corrected chi connectivity index (χ2v) is 5.99. The lowest BCUT2D eigenvalue weighted by molar-refractivity contribution is 0.799. The molecule has 0 atom stereocenters. The molecule has 0 radical (unpaired) electrons. The maximum Gasteiger partial charge on any atom is 0.161 e. The van der Waals surface area contributed by atoms with Gasteiger partial charge in [-0.1, -0.05) is 24.3 Å². The summed E-state index contributed by atoms with van der Waals surface area (Å²) in [6, 6.07) is 15.8. The first-order chi connectivity index (χ1) is 12.3. The van der Waals surface area contributed by atoms with E-state index >= 15 is 0 Å². The topological polar surface area (TPSA) is 85.4 Å². The number of aromatic amines is 1. The van der Waals surface area contributed by atoms with Crippen molar-refractivity contribution in [2.75, 3.05) is 5.73 Å². The predicted octanol–water partition coefficient (Wildman–Crippen LogP) is 3.73. The number of nitrogens with zero attached hydrogens (tertiary/aromatic N) is 4. The van der Waals surface area contributed by atoms with Crippen molar-refractivity contribution in [3.8, 4) is 11.4 Å². The van der Waals surface area contributed by atoms with Crippen molar-refractivity contribution in [2.45, 2.75) is 13.5 Å². The smallest absolute Gasteiger partial charge is 0.161 e. The zero-order valence-electron chi connectivity index (χ0n) is 13.7. The lowest BCUT2D eigenvalue weighted by Crippen LogP contribution is -2.01. The number of hydrogen-bond acceptors (Lipinski definition) is 4. The third-order valence-corrected chi connectivity index (χ3v) is 4.53. The van der Waals surface area contributed by atoms with Crippen LogP contribution in [0, 0.1) is 0 Å². The van der Waals surface area contributed by atoms with Gasteiger partial charge >= 0.3 is 0 Å². The number of imidazole rings is 1. The van der Waals surface area contributed by atoms with Gasteiger partial charge in [0.25, 0.3) is 0 Å². The molecule has 0 aliphatic heterocycles. The highest BCUT2D eigenvalue weighted by atomic mass is 15.1. The molecule has 3 N–H and O–H groups in total. The van der Waals surface area contributed by atoms with Crippen molar-refractivity contribution in [1.29, 1.82) is 0 Å². The summed E-state index contributed by atoms with van der Waals surface area (Å²) in [6.07, 6.45) is 0. The molecule has 2 aromatic carbocycles. The number of rotatable bonds is 2. The van der Waals surface area contributed by atoms with E-state index in [0.29, 0.717) is 5.82 Å². The van der Waals surface area contributed by atoms with Crippen LogP contribution in [0.1, 0.15) is 6.92 Å². The van der Waals surface area contributed by atoms with Gasteiger partial charge in [-0.2, -0.15) is 0 Å². The van der Waals surface area contributed by atoms with Crippen LogP contribution in [0.5, 0.6) is 0 Å². The van der Waals surface area contributed by atoms with Crippen molar-refractivity contribution < 1.29 is 0 Å². The molecule has 0 aliphatic rings. The van der Waals surface area contributed by atoms with Crippen LogP contribution < -0.4 is 5.73 Å². The third-order valence-electron chi connectivity index (χ3n) is 4.53. The number of nitrogens with one attached hydrogen (secondary N) is 1. The number of anilines is 1. The second-order valence-electron chi connectivity index (χ2n) is 5.99. The lowest BCUT2D eigenvalue weighted by atomic mass is 10.2. The Hall–Kier alpha value is -3.41. The van der Waals surface area contributed by atoms with Crippen LogP contribution in [-0.2, 0) is 6.54 Å². The average molecular weight is 328 g/mol. The first-order valence-electron chi connectivity index (χ1n) is 8.26. The van der Waals surface area contributed by atoms with Crippen LogP contribution in [0.25, 0.3) is 44.6 Å². The molecule has 6 nitrogen and oxygen atoms in total. The summed E-state index contributed by atoms with van der Waals surface area (Å²) in [5.41, 5.74) is 12.4. The van der Waals surface area contributed by atoms with Crippen LogP contribution in [-0.4, -0.2) is 24.5 Å². The van der Waals surface area contributed by atoms with E-state index in [1.165, 1.54) is 0 Å². The van der Waals surface area contributed by atoms with Crippen LogP contribution >= 0.6 is 0 Å². The minimum absolute atomic E-state index is 0.631. The van der Waals surface area contributed by atoms with E-state index in [-0.39, 0.29) is 0 Å². The number of aromatic nitrogens is 5. The fourth-order valence-corrected chi connectivity index (χ4v) is 3.34. The minimum Gasteiger partial charge on any atom is -0.384 e. The van der Waals surface area contributed by atoms with Gasteiger partial charge < -0.3 is 15.3 Å². The molecule has 3 heterocycles. The minimum atomic E-state index is 0.631. The maximum absolute atomic E-state index is 6.47. The van der Waals surface area contributed by atoms with Crippen molar-refractivity contribution >= 4 is 39.0 Å². The van der Waals surface area contributed by atoms with Crippen LogP contribution in [0.4, 0.5) is 5.82 Å². The molecular weight excluding hydrogens is 312 g/mol. The van der Waals surface area contributed by atoms with E-state index in [4.69, 9.17) is 20.7 Å². The first kappa shape index (κ1) is 14.0. The SMILES string of the molecule is CCn1c(N)c(-c2nc3ccccc3[nH]2)c2nc3ccccc3nc21. The third kappa shape index (κ3) is 1.94. The molecule has 0 aliphatic carbocycles. The number of fused-ring (bicyclic) bond motifs is 3. The molecule has 3 aromatic heterocycles. The average Bonchev–Trinajstić information content (AvgIpc) is 3.17. The molecule has 5 rings (SSSR count). The highest BCUT2D eigenvalue weighted by molar-refractivity contribution is 6.01. The number of para-hydroxylation sites is 4. The van der Waals surface area contributed by atoms with E-state index in [2.05, 4.69) is 11.9 Å². The molecule has 122 valence electrons. The number of nitrogens with two attached hydrogens (primary N) is 1. The molecule has 0 spiro atoms. The van der Waals surface area contributed by atoms with Crippen molar-refractivity contribution in [3.05, 3.63) is 48.5 Å². The van der Waals surface area contributed by atoms with Crippen molar-refractivity contribution in [1.82, 2.24) is 24.5 Å². The van der Waals surface area contributed by atoms with Crippen LogP contribution in [0.2, 0.25) is 0 Å². The number of hydrogen-bond donors (Lipinski definition) is 2.